The highest BCUT2D eigenvalue weighted by atomic mass is 32.2. The fourth-order valence-corrected chi connectivity index (χ4v) is 4.30. The Morgan fingerprint density at radius 1 is 1.00 bits per heavy atom. The molecule has 1 N–H and O–H groups in total. The van der Waals surface area contributed by atoms with Gasteiger partial charge in [0, 0.05) is 36.1 Å². The van der Waals surface area contributed by atoms with E-state index in [1.165, 1.54) is 0 Å². The molecule has 5 heteroatoms. The van der Waals surface area contributed by atoms with E-state index < -0.39 is 9.84 Å². The number of hydrogen-bond donors (Lipinski definition) is 1. The first-order valence-corrected chi connectivity index (χ1v) is 9.94. The molecule has 0 aliphatic heterocycles. The van der Waals surface area contributed by atoms with Crippen LogP contribution in [0.1, 0.15) is 27.2 Å². The number of benzene rings is 2. The number of sulfone groups is 1. The van der Waals surface area contributed by atoms with Gasteiger partial charge in [-0.3, -0.25) is 0 Å². The second-order valence-electron chi connectivity index (χ2n) is 7.37. The topological polar surface area (TPSA) is 49.4 Å². The van der Waals surface area contributed by atoms with E-state index in [4.69, 9.17) is 0 Å². The zero-order valence-corrected chi connectivity index (χ0v) is 16.1. The summed E-state index contributed by atoms with van der Waals surface area (Å²) in [6.07, 6.45) is 0.601. The van der Waals surface area contributed by atoms with E-state index in [0.29, 0.717) is 17.9 Å². The minimum atomic E-state index is -3.31. The van der Waals surface area contributed by atoms with Crippen molar-refractivity contribution in [3.63, 3.8) is 0 Å². The lowest BCUT2D eigenvalue weighted by molar-refractivity contribution is 0.426. The van der Waals surface area contributed by atoms with Crippen LogP contribution in [0.5, 0.6) is 0 Å². The van der Waals surface area contributed by atoms with Crippen LogP contribution in [0.4, 0.5) is 5.69 Å². The predicted molar refractivity (Wildman–Crippen MR) is 103 cm³/mol. The van der Waals surface area contributed by atoms with E-state index in [-0.39, 0.29) is 11.3 Å². The van der Waals surface area contributed by atoms with E-state index in [1.807, 2.05) is 49.3 Å². The third-order valence-electron chi connectivity index (χ3n) is 3.92. The first kappa shape index (κ1) is 18.7. The van der Waals surface area contributed by atoms with Gasteiger partial charge in [0.1, 0.15) is 0 Å². The molecule has 132 valence electrons. The van der Waals surface area contributed by atoms with Crippen LogP contribution in [0.15, 0.2) is 41.3 Å². The van der Waals surface area contributed by atoms with Crippen LogP contribution >= 0.6 is 0 Å². The normalized spacial score (nSPS) is 12.5. The van der Waals surface area contributed by atoms with Gasteiger partial charge >= 0.3 is 0 Å². The molecule has 0 aliphatic carbocycles. The Morgan fingerprint density at radius 2 is 1.62 bits per heavy atom. The Morgan fingerprint density at radius 3 is 2.25 bits per heavy atom. The molecule has 4 nitrogen and oxygen atoms in total. The summed E-state index contributed by atoms with van der Waals surface area (Å²) < 4.78 is 25.6. The van der Waals surface area contributed by atoms with Crippen molar-refractivity contribution in [2.45, 2.75) is 37.6 Å². The molecule has 0 spiro atoms. The Hall–Kier alpha value is -1.59. The zero-order chi connectivity index (χ0) is 18.0. The molecule has 0 bridgehead atoms. The average molecular weight is 349 g/mol. The van der Waals surface area contributed by atoms with Crippen LogP contribution in [-0.4, -0.2) is 40.3 Å². The Balaban J connectivity index is 2.29. The SMILES string of the molecule is CN(C)c1cccc2c(S(=O)(=O)CCCNC(C)(C)C)cccc12. The van der Waals surface area contributed by atoms with E-state index in [0.717, 1.165) is 16.5 Å². The summed E-state index contributed by atoms with van der Waals surface area (Å²) in [7, 11) is 0.627. The van der Waals surface area contributed by atoms with E-state index >= 15 is 0 Å². The minimum absolute atomic E-state index is 0.00379. The van der Waals surface area contributed by atoms with Crippen molar-refractivity contribution in [3.8, 4) is 0 Å². The predicted octanol–water partition coefficient (Wildman–Crippen LogP) is 3.46. The van der Waals surface area contributed by atoms with Gasteiger partial charge in [0.2, 0.25) is 0 Å². The van der Waals surface area contributed by atoms with Crippen molar-refractivity contribution in [1.82, 2.24) is 5.32 Å². The van der Waals surface area contributed by atoms with Crippen LogP contribution in [0.25, 0.3) is 10.8 Å². The highest BCUT2D eigenvalue weighted by Crippen LogP contribution is 2.30. The molecule has 2 aromatic carbocycles. The van der Waals surface area contributed by atoms with Crippen molar-refractivity contribution in [3.05, 3.63) is 36.4 Å². The van der Waals surface area contributed by atoms with Gasteiger partial charge < -0.3 is 10.2 Å². The Bertz CT molecular complexity index is 806. The summed E-state index contributed by atoms with van der Waals surface area (Å²) in [5, 5.41) is 5.10. The lowest BCUT2D eigenvalue weighted by Gasteiger charge is -2.20. The van der Waals surface area contributed by atoms with Gasteiger partial charge in [-0.05, 0) is 45.9 Å². The molecule has 0 aliphatic rings. The van der Waals surface area contributed by atoms with Crippen molar-refractivity contribution < 1.29 is 8.42 Å². The standard InChI is InChI=1S/C19H28N2O2S/c1-19(2,3)20-13-8-14-24(22,23)18-12-7-9-15-16(18)10-6-11-17(15)21(4)5/h6-7,9-12,20H,8,13-14H2,1-5H3. The molecule has 0 heterocycles. The fraction of sp³-hybridized carbons (Fsp3) is 0.474. The average Bonchev–Trinajstić information content (AvgIpc) is 2.49. The number of anilines is 1. The third kappa shape index (κ3) is 4.48. The van der Waals surface area contributed by atoms with Crippen LogP contribution in [0, 0.1) is 0 Å². The maximum Gasteiger partial charge on any atom is 0.179 e. The van der Waals surface area contributed by atoms with Crippen molar-refractivity contribution in [1.29, 1.82) is 0 Å². The van der Waals surface area contributed by atoms with Crippen molar-refractivity contribution >= 4 is 26.3 Å². The van der Waals surface area contributed by atoms with E-state index in [2.05, 4.69) is 26.1 Å². The molecule has 0 radical (unpaired) electrons. The molecule has 0 amide bonds. The molecule has 0 unspecified atom stereocenters. The third-order valence-corrected chi connectivity index (χ3v) is 5.77. The number of nitrogens with one attached hydrogen (secondary N) is 1. The fourth-order valence-electron chi connectivity index (χ4n) is 2.76. The lowest BCUT2D eigenvalue weighted by atomic mass is 10.1. The number of rotatable bonds is 6. The first-order chi connectivity index (χ1) is 11.1. The highest BCUT2D eigenvalue weighted by Gasteiger charge is 2.19. The first-order valence-electron chi connectivity index (χ1n) is 8.29. The van der Waals surface area contributed by atoms with Gasteiger partial charge in [0.05, 0.1) is 10.6 Å². The second-order valence-corrected chi connectivity index (χ2v) is 9.45. The highest BCUT2D eigenvalue weighted by molar-refractivity contribution is 7.91. The molecule has 0 saturated carbocycles. The number of hydrogen-bond acceptors (Lipinski definition) is 4. The monoisotopic (exact) mass is 348 g/mol. The maximum atomic E-state index is 12.8. The summed E-state index contributed by atoms with van der Waals surface area (Å²) in [6.45, 7) is 6.93. The summed E-state index contributed by atoms with van der Waals surface area (Å²) in [4.78, 5) is 2.44. The zero-order valence-electron chi connectivity index (χ0n) is 15.3. The molecule has 0 saturated heterocycles. The molecular weight excluding hydrogens is 320 g/mol. The molecule has 24 heavy (non-hydrogen) atoms. The van der Waals surface area contributed by atoms with Gasteiger partial charge in [-0.1, -0.05) is 24.3 Å². The van der Waals surface area contributed by atoms with Crippen molar-refractivity contribution in [2.24, 2.45) is 0 Å². The summed E-state index contributed by atoms with van der Waals surface area (Å²) >= 11 is 0. The maximum absolute atomic E-state index is 12.8. The molecule has 2 rings (SSSR count). The molecule has 0 aromatic heterocycles. The van der Waals surface area contributed by atoms with Gasteiger partial charge in [0.15, 0.2) is 9.84 Å². The molecule has 0 fully saturated rings. The van der Waals surface area contributed by atoms with Gasteiger partial charge in [-0.25, -0.2) is 8.42 Å². The minimum Gasteiger partial charge on any atom is -0.377 e. The Kier molecular flexibility index (Phi) is 5.56. The van der Waals surface area contributed by atoms with Crippen LogP contribution < -0.4 is 10.2 Å². The van der Waals surface area contributed by atoms with Crippen molar-refractivity contribution in [2.75, 3.05) is 31.3 Å². The van der Waals surface area contributed by atoms with Gasteiger partial charge in [-0.15, -0.1) is 0 Å². The quantitative estimate of drug-likeness (QED) is 0.812. The largest absolute Gasteiger partial charge is 0.377 e. The van der Waals surface area contributed by atoms with Gasteiger partial charge in [-0.2, -0.15) is 0 Å². The number of fused-ring (bicyclic) bond motifs is 1. The second kappa shape index (κ2) is 7.11. The summed E-state index contributed by atoms with van der Waals surface area (Å²) in [5.41, 5.74) is 1.03. The smallest absolute Gasteiger partial charge is 0.179 e. The van der Waals surface area contributed by atoms with Crippen LogP contribution in [0.2, 0.25) is 0 Å². The number of nitrogens with zero attached hydrogens (tertiary/aromatic N) is 1. The van der Waals surface area contributed by atoms with Crippen LogP contribution in [0.3, 0.4) is 0 Å². The van der Waals surface area contributed by atoms with Crippen LogP contribution in [-0.2, 0) is 9.84 Å². The Labute approximate surface area is 145 Å². The van der Waals surface area contributed by atoms with E-state index in [9.17, 15) is 8.42 Å². The summed E-state index contributed by atoms with van der Waals surface area (Å²) in [5.74, 6) is 0.154. The summed E-state index contributed by atoms with van der Waals surface area (Å²) in [6, 6.07) is 11.3. The molecule has 0 atom stereocenters. The van der Waals surface area contributed by atoms with E-state index in [1.54, 1.807) is 6.07 Å². The van der Waals surface area contributed by atoms with Gasteiger partial charge in [0.25, 0.3) is 0 Å². The molecule has 2 aromatic rings. The lowest BCUT2D eigenvalue weighted by Crippen LogP contribution is -2.36. The molecular formula is C19H28N2O2S.